The van der Waals surface area contributed by atoms with Crippen LogP contribution in [0.2, 0.25) is 0 Å². The average molecular weight is 626 g/mol. The van der Waals surface area contributed by atoms with Crippen molar-refractivity contribution in [3.8, 4) is 0 Å². The average Bonchev–Trinajstić information content (AvgIpc) is 3.02. The van der Waals surface area contributed by atoms with Gasteiger partial charge in [-0.3, -0.25) is 4.79 Å². The molecule has 7 atom stereocenters. The quantitative estimate of drug-likeness (QED) is 0.0582. The summed E-state index contributed by atoms with van der Waals surface area (Å²) in [5.74, 6) is -0.202. The molecule has 1 heterocycles. The minimum absolute atomic E-state index is 0.197. The van der Waals surface area contributed by atoms with Crippen LogP contribution in [0.1, 0.15) is 123 Å². The third-order valence-electron chi connectivity index (χ3n) is 7.96. The van der Waals surface area contributed by atoms with Crippen LogP contribution in [-0.4, -0.2) is 87.5 Å². The Kier molecular flexibility index (Phi) is 24.5. The molecule has 1 aliphatic rings. The van der Waals surface area contributed by atoms with Crippen molar-refractivity contribution in [3.05, 3.63) is 36.5 Å². The minimum atomic E-state index is -1.56. The summed E-state index contributed by atoms with van der Waals surface area (Å²) in [5, 5.41) is 53.4. The zero-order valence-corrected chi connectivity index (χ0v) is 27.4. The normalized spacial score (nSPS) is 24.0. The van der Waals surface area contributed by atoms with Gasteiger partial charge >= 0.3 is 0 Å². The number of carbonyl (C=O) groups excluding carboxylic acids is 1. The number of aliphatic hydroxyl groups excluding tert-OH is 5. The van der Waals surface area contributed by atoms with E-state index in [9.17, 15) is 30.3 Å². The Balaban J connectivity index is 2.39. The van der Waals surface area contributed by atoms with Gasteiger partial charge in [-0.25, -0.2) is 0 Å². The van der Waals surface area contributed by atoms with Crippen molar-refractivity contribution >= 4 is 5.91 Å². The van der Waals surface area contributed by atoms with Gasteiger partial charge in [0.15, 0.2) is 6.29 Å². The molecule has 0 saturated carbocycles. The maximum Gasteiger partial charge on any atom is 0.220 e. The first-order valence-electron chi connectivity index (χ1n) is 17.2. The molecular weight excluding hydrogens is 562 g/mol. The number of allylic oxidation sites excluding steroid dienone is 5. The van der Waals surface area contributed by atoms with E-state index in [1.165, 1.54) is 32.1 Å². The van der Waals surface area contributed by atoms with Gasteiger partial charge in [-0.05, 0) is 51.4 Å². The van der Waals surface area contributed by atoms with E-state index in [0.29, 0.717) is 6.42 Å². The standard InChI is InChI=1S/C35H63NO8/c1-3-5-7-9-10-11-12-13-14-15-16-17-18-19-21-23-25-31(39)36-28(29(38)24-22-20-8-6-4-2)27-43-35-34(42)33(41)32(40)30(26-37)44-35/h11-12,14-15,22,24,28-30,32-35,37-38,40-42H,3-10,13,16-21,23,25-27H2,1-2H3,(H,36,39)/b12-11-,15-14-,24-22+. The number of aliphatic hydroxyl groups is 5. The summed E-state index contributed by atoms with van der Waals surface area (Å²) < 4.78 is 11.0. The summed E-state index contributed by atoms with van der Waals surface area (Å²) in [5.41, 5.74) is 0. The molecule has 0 aromatic rings. The first-order valence-corrected chi connectivity index (χ1v) is 17.2. The molecule has 7 unspecified atom stereocenters. The van der Waals surface area contributed by atoms with Crippen LogP contribution in [0, 0.1) is 0 Å². The van der Waals surface area contributed by atoms with Gasteiger partial charge in [-0.15, -0.1) is 0 Å². The Labute approximate surface area is 266 Å². The molecule has 9 heteroatoms. The maximum atomic E-state index is 12.7. The highest BCUT2D eigenvalue weighted by atomic mass is 16.7. The largest absolute Gasteiger partial charge is 0.394 e. The van der Waals surface area contributed by atoms with Crippen LogP contribution in [0.25, 0.3) is 0 Å². The SMILES string of the molecule is CCCCC/C=C/C(O)C(COC1OC(CO)C(O)C(O)C1O)NC(=O)CCCCCCC/C=C\C/C=C\CCCCCC. The van der Waals surface area contributed by atoms with Crippen molar-refractivity contribution in [2.45, 2.75) is 166 Å². The fraction of sp³-hybridized carbons (Fsp3) is 0.800. The number of rotatable bonds is 26. The first-order chi connectivity index (χ1) is 21.3. The number of hydrogen-bond donors (Lipinski definition) is 6. The van der Waals surface area contributed by atoms with Crippen molar-refractivity contribution in [1.29, 1.82) is 0 Å². The van der Waals surface area contributed by atoms with Gasteiger partial charge in [0.05, 0.1) is 25.4 Å². The molecule has 6 N–H and O–H groups in total. The third-order valence-corrected chi connectivity index (χ3v) is 7.96. The molecule has 0 aromatic carbocycles. The van der Waals surface area contributed by atoms with Crippen molar-refractivity contribution in [2.24, 2.45) is 0 Å². The molecule has 1 amide bonds. The minimum Gasteiger partial charge on any atom is -0.394 e. The van der Waals surface area contributed by atoms with Crippen LogP contribution in [0.4, 0.5) is 0 Å². The van der Waals surface area contributed by atoms with E-state index in [2.05, 4.69) is 43.5 Å². The topological polar surface area (TPSA) is 149 Å². The highest BCUT2D eigenvalue weighted by Crippen LogP contribution is 2.22. The monoisotopic (exact) mass is 625 g/mol. The maximum absolute atomic E-state index is 12.7. The highest BCUT2D eigenvalue weighted by molar-refractivity contribution is 5.76. The van der Waals surface area contributed by atoms with E-state index in [0.717, 1.165) is 70.6 Å². The van der Waals surface area contributed by atoms with Gasteiger partial charge in [0.2, 0.25) is 5.91 Å². The lowest BCUT2D eigenvalue weighted by Gasteiger charge is -2.40. The Morgan fingerprint density at radius 1 is 0.773 bits per heavy atom. The van der Waals surface area contributed by atoms with Gasteiger partial charge in [-0.1, -0.05) is 102 Å². The lowest BCUT2D eigenvalue weighted by molar-refractivity contribution is -0.302. The molecule has 1 saturated heterocycles. The molecular formula is C35H63NO8. The van der Waals surface area contributed by atoms with Crippen molar-refractivity contribution < 1.29 is 39.8 Å². The third kappa shape index (κ3) is 18.4. The molecule has 1 fully saturated rings. The summed E-state index contributed by atoms with van der Waals surface area (Å²) in [6, 6.07) is -0.806. The van der Waals surface area contributed by atoms with Gasteiger partial charge in [-0.2, -0.15) is 0 Å². The fourth-order valence-corrected chi connectivity index (χ4v) is 5.06. The predicted octanol–water partition coefficient (Wildman–Crippen LogP) is 4.99. The van der Waals surface area contributed by atoms with Crippen LogP contribution in [-0.2, 0) is 14.3 Å². The molecule has 44 heavy (non-hydrogen) atoms. The Morgan fingerprint density at radius 3 is 2.00 bits per heavy atom. The van der Waals surface area contributed by atoms with Crippen LogP contribution in [0.3, 0.4) is 0 Å². The molecule has 0 spiro atoms. The summed E-state index contributed by atoms with van der Waals surface area (Å²) in [6.45, 7) is 3.59. The Hall–Kier alpha value is -1.59. The number of amides is 1. The van der Waals surface area contributed by atoms with Crippen molar-refractivity contribution in [1.82, 2.24) is 5.32 Å². The second kappa shape index (κ2) is 26.6. The highest BCUT2D eigenvalue weighted by Gasteiger charge is 2.44. The smallest absolute Gasteiger partial charge is 0.220 e. The summed E-state index contributed by atoms with van der Waals surface area (Å²) in [7, 11) is 0. The number of carbonyl (C=O) groups is 1. The summed E-state index contributed by atoms with van der Waals surface area (Å²) in [6.07, 6.45) is 22.3. The molecule has 0 radical (unpaired) electrons. The molecule has 0 aromatic heterocycles. The van der Waals surface area contributed by atoms with Crippen LogP contribution in [0.15, 0.2) is 36.5 Å². The Morgan fingerprint density at radius 2 is 1.34 bits per heavy atom. The van der Waals surface area contributed by atoms with Gasteiger partial charge in [0.25, 0.3) is 0 Å². The number of unbranched alkanes of at least 4 members (excludes halogenated alkanes) is 12. The van der Waals surface area contributed by atoms with Gasteiger partial charge < -0.3 is 40.3 Å². The number of nitrogens with one attached hydrogen (secondary N) is 1. The first kappa shape index (κ1) is 40.4. The Bertz CT molecular complexity index is 787. The van der Waals surface area contributed by atoms with Crippen LogP contribution < -0.4 is 5.32 Å². The van der Waals surface area contributed by atoms with Crippen molar-refractivity contribution in [2.75, 3.05) is 13.2 Å². The summed E-state index contributed by atoms with van der Waals surface area (Å²) in [4.78, 5) is 12.7. The van der Waals surface area contributed by atoms with E-state index in [1.807, 2.05) is 6.08 Å². The molecule has 1 aliphatic heterocycles. The zero-order chi connectivity index (χ0) is 32.4. The molecule has 9 nitrogen and oxygen atoms in total. The van der Waals surface area contributed by atoms with E-state index in [1.54, 1.807) is 6.08 Å². The number of ether oxygens (including phenoxy) is 2. The van der Waals surface area contributed by atoms with Gasteiger partial charge in [0.1, 0.15) is 24.4 Å². The molecule has 256 valence electrons. The number of hydrogen-bond acceptors (Lipinski definition) is 8. The van der Waals surface area contributed by atoms with E-state index in [-0.39, 0.29) is 12.5 Å². The molecule has 0 bridgehead atoms. The summed E-state index contributed by atoms with van der Waals surface area (Å²) >= 11 is 0. The zero-order valence-electron chi connectivity index (χ0n) is 27.4. The lowest BCUT2D eigenvalue weighted by atomic mass is 9.99. The molecule has 0 aliphatic carbocycles. The van der Waals surface area contributed by atoms with E-state index < -0.39 is 49.5 Å². The van der Waals surface area contributed by atoms with Gasteiger partial charge in [0, 0.05) is 6.42 Å². The van der Waals surface area contributed by atoms with Crippen molar-refractivity contribution in [3.63, 3.8) is 0 Å². The van der Waals surface area contributed by atoms with E-state index >= 15 is 0 Å². The van der Waals surface area contributed by atoms with Crippen LogP contribution >= 0.6 is 0 Å². The van der Waals surface area contributed by atoms with Crippen LogP contribution in [0.5, 0.6) is 0 Å². The van der Waals surface area contributed by atoms with E-state index in [4.69, 9.17) is 9.47 Å². The lowest BCUT2D eigenvalue weighted by Crippen LogP contribution is -2.60. The predicted molar refractivity (Wildman–Crippen MR) is 175 cm³/mol. The molecule has 1 rings (SSSR count). The fourth-order valence-electron chi connectivity index (χ4n) is 5.06. The second-order valence-electron chi connectivity index (χ2n) is 12.0. The second-order valence-corrected chi connectivity index (χ2v) is 12.0.